The molecule has 0 N–H and O–H groups in total. The highest BCUT2D eigenvalue weighted by molar-refractivity contribution is 6.09. The SMILES string of the molecule is CC1(C)c2ccccc2-c2cc(-c3cc(-c4cc(-c5ccccc5)cc(-c5cccc6c5oc5ccccc56)c4)nc(-c4ccccc4)n3)ccc21. The number of benzene rings is 7. The van der Waals surface area contributed by atoms with Crippen LogP contribution in [0.15, 0.2) is 174 Å². The summed E-state index contributed by atoms with van der Waals surface area (Å²) in [6.45, 7) is 4.63. The number of furan rings is 1. The van der Waals surface area contributed by atoms with Crippen molar-refractivity contribution in [3.8, 4) is 67.3 Å². The van der Waals surface area contributed by atoms with Gasteiger partial charge in [0.25, 0.3) is 0 Å². The van der Waals surface area contributed by atoms with Gasteiger partial charge >= 0.3 is 0 Å². The molecule has 0 bridgehead atoms. The molecule has 2 heterocycles. The number of aromatic nitrogens is 2. The van der Waals surface area contributed by atoms with Crippen LogP contribution in [0, 0.1) is 0 Å². The van der Waals surface area contributed by atoms with Gasteiger partial charge in [-0.15, -0.1) is 0 Å². The lowest BCUT2D eigenvalue weighted by Crippen LogP contribution is -2.14. The van der Waals surface area contributed by atoms with Gasteiger partial charge in [-0.2, -0.15) is 0 Å². The molecule has 1 aliphatic rings. The topological polar surface area (TPSA) is 38.9 Å². The van der Waals surface area contributed by atoms with Gasteiger partial charge in [0.15, 0.2) is 5.82 Å². The highest BCUT2D eigenvalue weighted by Crippen LogP contribution is 2.49. The zero-order valence-corrected chi connectivity index (χ0v) is 29.0. The Morgan fingerprint density at radius 1 is 0.404 bits per heavy atom. The van der Waals surface area contributed by atoms with Gasteiger partial charge in [0.05, 0.1) is 11.4 Å². The lowest BCUT2D eigenvalue weighted by molar-refractivity contribution is 0.660. The normalized spacial score (nSPS) is 13.0. The highest BCUT2D eigenvalue weighted by Gasteiger charge is 2.35. The third kappa shape index (κ3) is 4.89. The van der Waals surface area contributed by atoms with E-state index in [1.54, 1.807) is 0 Å². The van der Waals surface area contributed by atoms with E-state index in [0.29, 0.717) is 5.82 Å². The van der Waals surface area contributed by atoms with Crippen LogP contribution in [0.5, 0.6) is 0 Å². The van der Waals surface area contributed by atoms with Gasteiger partial charge in [-0.3, -0.25) is 0 Å². The number of hydrogen-bond donors (Lipinski definition) is 0. The Labute approximate surface area is 302 Å². The van der Waals surface area contributed by atoms with E-state index >= 15 is 0 Å². The predicted molar refractivity (Wildman–Crippen MR) is 214 cm³/mol. The molecular weight excluding hydrogens is 633 g/mol. The van der Waals surface area contributed by atoms with Gasteiger partial charge in [-0.1, -0.05) is 147 Å². The zero-order valence-electron chi connectivity index (χ0n) is 29.0. The van der Waals surface area contributed by atoms with Gasteiger partial charge in [0.2, 0.25) is 0 Å². The quantitative estimate of drug-likeness (QED) is 0.183. The highest BCUT2D eigenvalue weighted by atomic mass is 16.3. The smallest absolute Gasteiger partial charge is 0.160 e. The lowest BCUT2D eigenvalue weighted by Gasteiger charge is -2.21. The minimum absolute atomic E-state index is 0.0620. The lowest BCUT2D eigenvalue weighted by atomic mass is 9.82. The molecule has 3 nitrogen and oxygen atoms in total. The Balaban J connectivity index is 1.20. The molecule has 9 aromatic rings. The number of hydrogen-bond acceptors (Lipinski definition) is 3. The van der Waals surface area contributed by atoms with Gasteiger partial charge in [-0.25, -0.2) is 9.97 Å². The molecule has 0 aliphatic heterocycles. The van der Waals surface area contributed by atoms with Crippen LogP contribution in [0.2, 0.25) is 0 Å². The molecule has 0 unspecified atom stereocenters. The summed E-state index contributed by atoms with van der Waals surface area (Å²) in [4.78, 5) is 10.5. The number of nitrogens with zero attached hydrogens (tertiary/aromatic N) is 2. The fraction of sp³-hybridized carbons (Fsp3) is 0.0612. The van der Waals surface area contributed by atoms with E-state index in [2.05, 4.69) is 153 Å². The van der Waals surface area contributed by atoms with Crippen LogP contribution >= 0.6 is 0 Å². The summed E-state index contributed by atoms with van der Waals surface area (Å²) in [6.07, 6.45) is 0. The third-order valence-corrected chi connectivity index (χ3v) is 10.7. The second-order valence-corrected chi connectivity index (χ2v) is 14.2. The van der Waals surface area contributed by atoms with Crippen LogP contribution in [0.1, 0.15) is 25.0 Å². The standard InChI is InChI=1S/C49H34N2O/c1-49(2)42-22-11-9-18-38(42)41-29-33(24-25-43(41)49)44-30-45(51-48(50-44)32-16-7-4-8-17-32)36-27-34(31-14-5-3-6-15-31)26-35(28-36)37-20-13-21-40-39-19-10-12-23-46(39)52-47(37)40/h3-30H,1-2H3. The summed E-state index contributed by atoms with van der Waals surface area (Å²) in [7, 11) is 0. The summed E-state index contributed by atoms with van der Waals surface area (Å²) in [5.74, 6) is 0.695. The van der Waals surface area contributed by atoms with Crippen molar-refractivity contribution in [2.45, 2.75) is 19.3 Å². The van der Waals surface area contributed by atoms with Crippen molar-refractivity contribution in [2.75, 3.05) is 0 Å². The van der Waals surface area contributed by atoms with Crippen molar-refractivity contribution in [1.82, 2.24) is 9.97 Å². The zero-order chi connectivity index (χ0) is 34.8. The van der Waals surface area contributed by atoms with Crippen molar-refractivity contribution in [3.63, 3.8) is 0 Å². The average Bonchev–Trinajstić information content (AvgIpc) is 3.70. The minimum atomic E-state index is -0.0620. The van der Waals surface area contributed by atoms with Gasteiger partial charge in [-0.05, 0) is 75.3 Å². The first-order valence-corrected chi connectivity index (χ1v) is 17.8. The maximum absolute atomic E-state index is 6.53. The summed E-state index contributed by atoms with van der Waals surface area (Å²) in [5.41, 5.74) is 16.1. The monoisotopic (exact) mass is 666 g/mol. The van der Waals surface area contributed by atoms with Gasteiger partial charge in [0.1, 0.15) is 11.2 Å². The molecule has 0 spiro atoms. The Hall–Kier alpha value is -6.58. The molecule has 0 atom stereocenters. The molecular formula is C49H34N2O. The van der Waals surface area contributed by atoms with E-state index in [1.807, 2.05) is 30.3 Å². The first-order valence-electron chi connectivity index (χ1n) is 17.8. The second-order valence-electron chi connectivity index (χ2n) is 14.2. The van der Waals surface area contributed by atoms with E-state index in [1.165, 1.54) is 22.3 Å². The fourth-order valence-corrected chi connectivity index (χ4v) is 8.04. The Morgan fingerprint density at radius 3 is 1.85 bits per heavy atom. The Morgan fingerprint density at radius 2 is 1.02 bits per heavy atom. The first-order chi connectivity index (χ1) is 25.5. The van der Waals surface area contributed by atoms with Crippen molar-refractivity contribution >= 4 is 21.9 Å². The summed E-state index contributed by atoms with van der Waals surface area (Å²) in [6, 6.07) is 60.0. The summed E-state index contributed by atoms with van der Waals surface area (Å²) >= 11 is 0. The van der Waals surface area contributed by atoms with Crippen molar-refractivity contribution in [1.29, 1.82) is 0 Å². The van der Waals surface area contributed by atoms with Crippen LogP contribution in [-0.4, -0.2) is 9.97 Å². The van der Waals surface area contributed by atoms with Gasteiger partial charge in [0, 0.05) is 38.4 Å². The van der Waals surface area contributed by atoms with Crippen molar-refractivity contribution < 1.29 is 4.42 Å². The molecule has 0 saturated heterocycles. The Kier molecular flexibility index (Phi) is 6.84. The predicted octanol–water partition coefficient (Wildman–Crippen LogP) is 13.0. The van der Waals surface area contributed by atoms with Crippen LogP contribution in [0.4, 0.5) is 0 Å². The molecule has 7 aromatic carbocycles. The summed E-state index contributed by atoms with van der Waals surface area (Å²) in [5, 5.41) is 2.23. The Bertz CT molecular complexity index is 2810. The largest absolute Gasteiger partial charge is 0.455 e. The van der Waals surface area contributed by atoms with Crippen molar-refractivity contribution in [2.24, 2.45) is 0 Å². The van der Waals surface area contributed by atoms with Crippen LogP contribution in [0.3, 0.4) is 0 Å². The maximum Gasteiger partial charge on any atom is 0.160 e. The molecule has 1 aliphatic carbocycles. The first kappa shape index (κ1) is 30.3. The number of para-hydroxylation sites is 2. The summed E-state index contributed by atoms with van der Waals surface area (Å²) < 4.78 is 6.53. The van der Waals surface area contributed by atoms with E-state index in [9.17, 15) is 0 Å². The van der Waals surface area contributed by atoms with Gasteiger partial charge < -0.3 is 4.42 Å². The fourth-order valence-electron chi connectivity index (χ4n) is 8.04. The maximum atomic E-state index is 6.53. The van der Waals surface area contributed by atoms with Crippen LogP contribution < -0.4 is 0 Å². The molecule has 3 heteroatoms. The molecule has 2 aromatic heterocycles. The third-order valence-electron chi connectivity index (χ3n) is 10.7. The van der Waals surface area contributed by atoms with E-state index in [0.717, 1.165) is 72.3 Å². The van der Waals surface area contributed by atoms with E-state index < -0.39 is 0 Å². The number of fused-ring (bicyclic) bond motifs is 6. The molecule has 0 fully saturated rings. The van der Waals surface area contributed by atoms with E-state index in [4.69, 9.17) is 14.4 Å². The second kappa shape index (κ2) is 11.8. The van der Waals surface area contributed by atoms with Crippen LogP contribution in [0.25, 0.3) is 89.2 Å². The molecule has 246 valence electrons. The number of rotatable bonds is 5. The molecule has 0 radical (unpaired) electrons. The molecule has 10 rings (SSSR count). The van der Waals surface area contributed by atoms with Crippen molar-refractivity contribution in [3.05, 3.63) is 181 Å². The molecule has 0 amide bonds. The average molecular weight is 667 g/mol. The minimum Gasteiger partial charge on any atom is -0.455 e. The van der Waals surface area contributed by atoms with E-state index in [-0.39, 0.29) is 5.41 Å². The molecule has 0 saturated carbocycles. The van der Waals surface area contributed by atoms with Crippen LogP contribution in [-0.2, 0) is 5.41 Å². The molecule has 52 heavy (non-hydrogen) atoms.